The van der Waals surface area contributed by atoms with E-state index in [9.17, 15) is 5.11 Å². The van der Waals surface area contributed by atoms with Crippen molar-refractivity contribution in [1.82, 2.24) is 14.8 Å². The van der Waals surface area contributed by atoms with E-state index in [0.29, 0.717) is 0 Å². The summed E-state index contributed by atoms with van der Waals surface area (Å²) in [5.41, 5.74) is -0.560. The van der Waals surface area contributed by atoms with Crippen molar-refractivity contribution in [2.75, 3.05) is 0 Å². The van der Waals surface area contributed by atoms with Crippen molar-refractivity contribution in [3.63, 3.8) is 0 Å². The lowest BCUT2D eigenvalue weighted by Crippen LogP contribution is -2.47. The first-order valence-electron chi connectivity index (χ1n) is 4.82. The molecule has 1 rings (SSSR count). The molecule has 0 fully saturated rings. The third-order valence-corrected chi connectivity index (χ3v) is 3.34. The van der Waals surface area contributed by atoms with Crippen LogP contribution in [0.25, 0.3) is 0 Å². The second kappa shape index (κ2) is 4.73. The molecule has 1 heterocycles. The van der Waals surface area contributed by atoms with Crippen LogP contribution >= 0.6 is 23.2 Å². The van der Waals surface area contributed by atoms with Crippen LogP contribution in [-0.2, 0) is 6.54 Å². The van der Waals surface area contributed by atoms with Gasteiger partial charge in [0.1, 0.15) is 18.3 Å². The lowest BCUT2D eigenvalue weighted by atomic mass is 9.76. The van der Waals surface area contributed by atoms with Gasteiger partial charge in [0.2, 0.25) is 0 Å². The lowest BCUT2D eigenvalue weighted by molar-refractivity contribution is -0.0344. The Morgan fingerprint density at radius 2 is 2.12 bits per heavy atom. The van der Waals surface area contributed by atoms with Gasteiger partial charge in [0.15, 0.2) is 0 Å². The SMILES string of the molecule is CC(C)(C)[C@](O)(Cn1cncn1)/C(Cl)=C\Cl. The van der Waals surface area contributed by atoms with Crippen LogP contribution in [0, 0.1) is 5.41 Å². The Labute approximate surface area is 105 Å². The molecule has 0 amide bonds. The molecular weight excluding hydrogens is 249 g/mol. The van der Waals surface area contributed by atoms with Gasteiger partial charge in [0.05, 0.1) is 11.6 Å². The van der Waals surface area contributed by atoms with Crippen LogP contribution in [0.4, 0.5) is 0 Å². The molecule has 0 bridgehead atoms. The fourth-order valence-corrected chi connectivity index (χ4v) is 1.83. The van der Waals surface area contributed by atoms with Crippen molar-refractivity contribution < 1.29 is 5.11 Å². The van der Waals surface area contributed by atoms with Crippen molar-refractivity contribution in [2.24, 2.45) is 5.41 Å². The second-order valence-corrected chi connectivity index (χ2v) is 5.29. The zero-order chi connectivity index (χ0) is 12.4. The van der Waals surface area contributed by atoms with Gasteiger partial charge in [-0.3, -0.25) is 0 Å². The number of rotatable bonds is 3. The largest absolute Gasteiger partial charge is 0.382 e. The average molecular weight is 264 g/mol. The van der Waals surface area contributed by atoms with E-state index >= 15 is 0 Å². The van der Waals surface area contributed by atoms with Crippen molar-refractivity contribution >= 4 is 23.2 Å². The number of aliphatic hydroxyl groups is 1. The Morgan fingerprint density at radius 3 is 2.50 bits per heavy atom. The highest BCUT2D eigenvalue weighted by molar-refractivity contribution is 6.37. The normalized spacial score (nSPS) is 17.2. The van der Waals surface area contributed by atoms with E-state index in [2.05, 4.69) is 10.1 Å². The fraction of sp³-hybridized carbons (Fsp3) is 0.600. The van der Waals surface area contributed by atoms with Gasteiger partial charge < -0.3 is 5.11 Å². The Bertz CT molecular complexity index is 370. The first-order chi connectivity index (χ1) is 7.31. The quantitative estimate of drug-likeness (QED) is 0.911. The third-order valence-electron chi connectivity index (χ3n) is 2.59. The molecule has 1 N–H and O–H groups in total. The van der Waals surface area contributed by atoms with E-state index in [0.717, 1.165) is 0 Å². The summed E-state index contributed by atoms with van der Waals surface area (Å²) in [6.45, 7) is 5.85. The van der Waals surface area contributed by atoms with E-state index in [4.69, 9.17) is 23.2 Å². The monoisotopic (exact) mass is 263 g/mol. The van der Waals surface area contributed by atoms with Gasteiger partial charge in [0, 0.05) is 5.54 Å². The zero-order valence-corrected chi connectivity index (χ0v) is 11.0. The van der Waals surface area contributed by atoms with Crippen molar-refractivity contribution in [2.45, 2.75) is 32.9 Å². The summed E-state index contributed by atoms with van der Waals surface area (Å²) in [6.07, 6.45) is 2.93. The summed E-state index contributed by atoms with van der Waals surface area (Å²) in [5, 5.41) is 14.8. The first kappa shape index (κ1) is 13.5. The topological polar surface area (TPSA) is 50.9 Å². The lowest BCUT2D eigenvalue weighted by Gasteiger charge is -2.39. The minimum atomic E-state index is -1.27. The molecule has 0 saturated heterocycles. The molecule has 1 aromatic rings. The predicted molar refractivity (Wildman–Crippen MR) is 64.2 cm³/mol. The van der Waals surface area contributed by atoms with Crippen LogP contribution in [0.5, 0.6) is 0 Å². The minimum Gasteiger partial charge on any atom is -0.382 e. The van der Waals surface area contributed by atoms with Gasteiger partial charge in [-0.1, -0.05) is 44.0 Å². The van der Waals surface area contributed by atoms with Crippen LogP contribution in [-0.4, -0.2) is 25.5 Å². The molecule has 0 aliphatic rings. The second-order valence-electron chi connectivity index (χ2n) is 4.66. The molecule has 0 unspecified atom stereocenters. The Hall–Kier alpha value is -0.580. The fourth-order valence-electron chi connectivity index (χ4n) is 1.31. The van der Waals surface area contributed by atoms with Crippen molar-refractivity contribution in [1.29, 1.82) is 0 Å². The maximum Gasteiger partial charge on any atom is 0.137 e. The molecule has 6 heteroatoms. The van der Waals surface area contributed by atoms with Crippen LogP contribution in [0.3, 0.4) is 0 Å². The molecule has 1 aromatic heterocycles. The predicted octanol–water partition coefficient (Wildman–Crippen LogP) is 2.37. The molecule has 0 saturated carbocycles. The Morgan fingerprint density at radius 1 is 1.50 bits per heavy atom. The Balaban J connectivity index is 3.06. The highest BCUT2D eigenvalue weighted by Gasteiger charge is 2.43. The highest BCUT2D eigenvalue weighted by atomic mass is 35.5. The van der Waals surface area contributed by atoms with E-state index in [1.165, 1.54) is 22.9 Å². The standard InChI is InChI=1S/C10H15Cl2N3O/c1-9(2,3)10(16,8(12)4-11)5-15-7-13-6-14-15/h4,6-7,16H,5H2,1-3H3/b8-4+/t10-/m0/s1. The molecule has 0 aliphatic carbocycles. The van der Waals surface area contributed by atoms with E-state index in [-0.39, 0.29) is 11.6 Å². The number of hydrogen-bond donors (Lipinski definition) is 1. The van der Waals surface area contributed by atoms with Crippen LogP contribution in [0.1, 0.15) is 20.8 Å². The van der Waals surface area contributed by atoms with Gasteiger partial charge in [-0.05, 0) is 5.41 Å². The molecule has 90 valence electrons. The summed E-state index contributed by atoms with van der Waals surface area (Å²) in [4.78, 5) is 3.82. The summed E-state index contributed by atoms with van der Waals surface area (Å²) in [7, 11) is 0. The van der Waals surface area contributed by atoms with Gasteiger partial charge in [0.25, 0.3) is 0 Å². The molecular formula is C10H15Cl2N3O. The summed E-state index contributed by atoms with van der Waals surface area (Å²) < 4.78 is 1.52. The number of hydrogen-bond acceptors (Lipinski definition) is 3. The molecule has 0 aliphatic heterocycles. The van der Waals surface area contributed by atoms with Crippen LogP contribution in [0.15, 0.2) is 23.2 Å². The smallest absolute Gasteiger partial charge is 0.137 e. The summed E-state index contributed by atoms with van der Waals surface area (Å²) >= 11 is 11.6. The van der Waals surface area contributed by atoms with Crippen molar-refractivity contribution in [3.8, 4) is 0 Å². The number of halogens is 2. The summed E-state index contributed by atoms with van der Waals surface area (Å²) in [6, 6.07) is 0. The summed E-state index contributed by atoms with van der Waals surface area (Å²) in [5.74, 6) is 0. The average Bonchev–Trinajstić information content (AvgIpc) is 2.67. The highest BCUT2D eigenvalue weighted by Crippen LogP contribution is 2.39. The molecule has 0 aromatic carbocycles. The Kier molecular flexibility index (Phi) is 3.99. The van der Waals surface area contributed by atoms with E-state index < -0.39 is 11.0 Å². The van der Waals surface area contributed by atoms with E-state index in [1.54, 1.807) is 0 Å². The van der Waals surface area contributed by atoms with Gasteiger partial charge >= 0.3 is 0 Å². The maximum atomic E-state index is 10.6. The number of aromatic nitrogens is 3. The van der Waals surface area contributed by atoms with Crippen molar-refractivity contribution in [3.05, 3.63) is 23.2 Å². The van der Waals surface area contributed by atoms with Gasteiger partial charge in [-0.15, -0.1) is 0 Å². The molecule has 4 nitrogen and oxygen atoms in total. The first-order valence-corrected chi connectivity index (χ1v) is 5.64. The number of nitrogens with zero attached hydrogens (tertiary/aromatic N) is 3. The molecule has 0 radical (unpaired) electrons. The third kappa shape index (κ3) is 2.56. The molecule has 16 heavy (non-hydrogen) atoms. The van der Waals surface area contributed by atoms with Gasteiger partial charge in [-0.2, -0.15) is 5.10 Å². The van der Waals surface area contributed by atoms with Crippen LogP contribution in [0.2, 0.25) is 0 Å². The molecule has 1 atom stereocenters. The zero-order valence-electron chi connectivity index (χ0n) is 9.48. The minimum absolute atomic E-state index is 0.192. The van der Waals surface area contributed by atoms with Crippen LogP contribution < -0.4 is 0 Å². The van der Waals surface area contributed by atoms with Gasteiger partial charge in [-0.25, -0.2) is 9.67 Å². The van der Waals surface area contributed by atoms with E-state index in [1.807, 2.05) is 20.8 Å². The molecule has 0 spiro atoms. The maximum absolute atomic E-state index is 10.6.